The van der Waals surface area contributed by atoms with Crippen molar-refractivity contribution < 1.29 is 4.74 Å². The normalized spacial score (nSPS) is 14.7. The molecule has 1 aliphatic rings. The van der Waals surface area contributed by atoms with Gasteiger partial charge in [0.15, 0.2) is 0 Å². The van der Waals surface area contributed by atoms with Gasteiger partial charge in [-0.3, -0.25) is 4.68 Å². The molecule has 2 aromatic rings. The summed E-state index contributed by atoms with van der Waals surface area (Å²) in [6, 6.07) is 8.16. The summed E-state index contributed by atoms with van der Waals surface area (Å²) >= 11 is 6.34. The lowest BCUT2D eigenvalue weighted by atomic mass is 10.2. The SMILES string of the molecule is Cc1nn(C)c(Cl)c1CN1CCCOc2ccccc21. The lowest BCUT2D eigenvalue weighted by Gasteiger charge is -2.23. The highest BCUT2D eigenvalue weighted by atomic mass is 35.5. The Kier molecular flexibility index (Phi) is 3.57. The van der Waals surface area contributed by atoms with Gasteiger partial charge >= 0.3 is 0 Å². The molecule has 2 heterocycles. The summed E-state index contributed by atoms with van der Waals surface area (Å²) in [4.78, 5) is 2.32. The van der Waals surface area contributed by atoms with Crippen LogP contribution in [0.25, 0.3) is 0 Å². The van der Waals surface area contributed by atoms with E-state index in [1.54, 1.807) is 4.68 Å². The molecule has 1 aromatic heterocycles. The number of aromatic nitrogens is 2. The summed E-state index contributed by atoms with van der Waals surface area (Å²) in [6.45, 7) is 4.48. The quantitative estimate of drug-likeness (QED) is 0.851. The van der Waals surface area contributed by atoms with Gasteiger partial charge in [0.1, 0.15) is 10.9 Å². The monoisotopic (exact) mass is 291 g/mol. The van der Waals surface area contributed by atoms with Crippen molar-refractivity contribution in [1.82, 2.24) is 9.78 Å². The second-order valence-electron chi connectivity index (χ2n) is 5.07. The molecular formula is C15H18ClN3O. The smallest absolute Gasteiger partial charge is 0.142 e. The molecule has 0 atom stereocenters. The van der Waals surface area contributed by atoms with E-state index in [1.807, 2.05) is 32.2 Å². The van der Waals surface area contributed by atoms with Gasteiger partial charge in [0.2, 0.25) is 0 Å². The van der Waals surface area contributed by atoms with Crippen molar-refractivity contribution in [2.24, 2.45) is 7.05 Å². The molecule has 106 valence electrons. The minimum absolute atomic E-state index is 0.713. The third-order valence-electron chi connectivity index (χ3n) is 3.65. The van der Waals surface area contributed by atoms with Gasteiger partial charge in [-0.25, -0.2) is 0 Å². The van der Waals surface area contributed by atoms with Crippen LogP contribution in [0.3, 0.4) is 0 Å². The van der Waals surface area contributed by atoms with Crippen LogP contribution >= 0.6 is 11.6 Å². The van der Waals surface area contributed by atoms with Gasteiger partial charge in [-0.05, 0) is 25.5 Å². The van der Waals surface area contributed by atoms with E-state index >= 15 is 0 Å². The molecule has 1 aliphatic heterocycles. The fourth-order valence-electron chi connectivity index (χ4n) is 2.61. The van der Waals surface area contributed by atoms with Crippen LogP contribution in [0.1, 0.15) is 17.7 Å². The number of anilines is 1. The highest BCUT2D eigenvalue weighted by molar-refractivity contribution is 6.30. The molecule has 1 aromatic carbocycles. The van der Waals surface area contributed by atoms with Crippen LogP contribution in [0.4, 0.5) is 5.69 Å². The molecule has 0 amide bonds. The van der Waals surface area contributed by atoms with Gasteiger partial charge < -0.3 is 9.64 Å². The highest BCUT2D eigenvalue weighted by Crippen LogP contribution is 2.32. The Hall–Kier alpha value is -1.68. The molecule has 0 bridgehead atoms. The number of fused-ring (bicyclic) bond motifs is 1. The van der Waals surface area contributed by atoms with Crippen LogP contribution in [-0.4, -0.2) is 22.9 Å². The first-order valence-corrected chi connectivity index (χ1v) is 7.19. The first-order chi connectivity index (χ1) is 9.66. The van der Waals surface area contributed by atoms with Crippen LogP contribution in [0.5, 0.6) is 5.75 Å². The van der Waals surface area contributed by atoms with E-state index < -0.39 is 0 Å². The maximum absolute atomic E-state index is 6.34. The summed E-state index contributed by atoms with van der Waals surface area (Å²) in [7, 11) is 1.87. The number of aryl methyl sites for hydroxylation is 2. The Morgan fingerprint density at radius 2 is 2.15 bits per heavy atom. The molecule has 0 fully saturated rings. The molecule has 0 saturated carbocycles. The third kappa shape index (κ3) is 2.36. The van der Waals surface area contributed by atoms with Crippen LogP contribution in [0.15, 0.2) is 24.3 Å². The van der Waals surface area contributed by atoms with E-state index in [2.05, 4.69) is 16.1 Å². The summed E-state index contributed by atoms with van der Waals surface area (Å²) in [5.41, 5.74) is 3.20. The topological polar surface area (TPSA) is 30.3 Å². The molecule has 0 N–H and O–H groups in total. The minimum atomic E-state index is 0.713. The zero-order chi connectivity index (χ0) is 14.1. The number of nitrogens with zero attached hydrogens (tertiary/aromatic N) is 3. The van der Waals surface area contributed by atoms with E-state index in [4.69, 9.17) is 16.3 Å². The highest BCUT2D eigenvalue weighted by Gasteiger charge is 2.20. The van der Waals surface area contributed by atoms with Gasteiger partial charge in [0.25, 0.3) is 0 Å². The standard InChI is InChI=1S/C15H18ClN3O/c1-11-12(15(16)18(2)17-11)10-19-8-5-9-20-14-7-4-3-6-13(14)19/h3-4,6-7H,5,8-10H2,1-2H3. The number of hydrogen-bond donors (Lipinski definition) is 0. The number of rotatable bonds is 2. The zero-order valence-electron chi connectivity index (χ0n) is 11.8. The molecule has 0 saturated heterocycles. The number of hydrogen-bond acceptors (Lipinski definition) is 3. The molecule has 0 aliphatic carbocycles. The van der Waals surface area contributed by atoms with Crippen LogP contribution in [0.2, 0.25) is 5.15 Å². The van der Waals surface area contributed by atoms with E-state index in [-0.39, 0.29) is 0 Å². The molecule has 5 heteroatoms. The first-order valence-electron chi connectivity index (χ1n) is 6.81. The molecule has 20 heavy (non-hydrogen) atoms. The Bertz CT molecular complexity index is 624. The Labute approximate surface area is 123 Å². The van der Waals surface area contributed by atoms with E-state index in [9.17, 15) is 0 Å². The molecule has 0 unspecified atom stereocenters. The van der Waals surface area contributed by atoms with Crippen molar-refractivity contribution in [3.63, 3.8) is 0 Å². The summed E-state index contributed by atoms with van der Waals surface area (Å²) in [5.74, 6) is 0.947. The predicted octanol–water partition coefficient (Wildman–Crippen LogP) is 3.17. The number of ether oxygens (including phenoxy) is 1. The van der Waals surface area contributed by atoms with Crippen molar-refractivity contribution in [3.05, 3.63) is 40.7 Å². The van der Waals surface area contributed by atoms with Crippen LogP contribution in [0, 0.1) is 6.92 Å². The Morgan fingerprint density at radius 1 is 1.35 bits per heavy atom. The van der Waals surface area contributed by atoms with E-state index in [0.717, 1.165) is 48.8 Å². The van der Waals surface area contributed by atoms with Gasteiger partial charge in [0.05, 0.1) is 18.0 Å². The average Bonchev–Trinajstić information content (AvgIpc) is 2.63. The van der Waals surface area contributed by atoms with Crippen LogP contribution < -0.4 is 9.64 Å². The number of benzene rings is 1. The minimum Gasteiger partial charge on any atom is -0.491 e. The molecule has 4 nitrogen and oxygen atoms in total. The van der Waals surface area contributed by atoms with Crippen LogP contribution in [-0.2, 0) is 13.6 Å². The van der Waals surface area contributed by atoms with E-state index in [0.29, 0.717) is 5.15 Å². The Morgan fingerprint density at radius 3 is 2.90 bits per heavy atom. The fraction of sp³-hybridized carbons (Fsp3) is 0.400. The van der Waals surface area contributed by atoms with Crippen molar-refractivity contribution in [2.75, 3.05) is 18.1 Å². The van der Waals surface area contributed by atoms with E-state index in [1.165, 1.54) is 0 Å². The summed E-state index contributed by atoms with van der Waals surface area (Å²) < 4.78 is 7.52. The Balaban J connectivity index is 1.94. The van der Waals surface area contributed by atoms with Gasteiger partial charge in [-0.2, -0.15) is 5.10 Å². The molecular weight excluding hydrogens is 274 g/mol. The second-order valence-corrected chi connectivity index (χ2v) is 5.43. The number of para-hydroxylation sites is 2. The molecule has 0 radical (unpaired) electrons. The lowest BCUT2D eigenvalue weighted by molar-refractivity contribution is 0.322. The largest absolute Gasteiger partial charge is 0.491 e. The number of halogens is 1. The fourth-order valence-corrected chi connectivity index (χ4v) is 2.84. The maximum Gasteiger partial charge on any atom is 0.142 e. The molecule has 0 spiro atoms. The summed E-state index contributed by atoms with van der Waals surface area (Å²) in [6.07, 6.45) is 1.01. The third-order valence-corrected chi connectivity index (χ3v) is 4.13. The van der Waals surface area contributed by atoms with Crippen molar-refractivity contribution in [3.8, 4) is 5.75 Å². The molecule has 3 rings (SSSR count). The van der Waals surface area contributed by atoms with Crippen molar-refractivity contribution in [2.45, 2.75) is 19.9 Å². The second kappa shape index (κ2) is 5.37. The first kappa shape index (κ1) is 13.3. The summed E-state index contributed by atoms with van der Waals surface area (Å²) in [5, 5.41) is 5.10. The predicted molar refractivity (Wildman–Crippen MR) is 80.6 cm³/mol. The van der Waals surface area contributed by atoms with Gasteiger partial charge in [0, 0.05) is 25.7 Å². The van der Waals surface area contributed by atoms with Crippen molar-refractivity contribution >= 4 is 17.3 Å². The van der Waals surface area contributed by atoms with Gasteiger partial charge in [-0.1, -0.05) is 23.7 Å². The lowest BCUT2D eigenvalue weighted by Crippen LogP contribution is -2.23. The maximum atomic E-state index is 6.34. The van der Waals surface area contributed by atoms with Gasteiger partial charge in [-0.15, -0.1) is 0 Å². The zero-order valence-corrected chi connectivity index (χ0v) is 12.5. The van der Waals surface area contributed by atoms with Crippen molar-refractivity contribution in [1.29, 1.82) is 0 Å². The average molecular weight is 292 g/mol.